The van der Waals surface area contributed by atoms with Crippen LogP contribution in [-0.4, -0.2) is 88.1 Å². The van der Waals surface area contributed by atoms with E-state index in [2.05, 4.69) is 36.6 Å². The number of halogens is 1. The molecular weight excluding hydrogens is 495 g/mol. The number of carbonyl (C=O) groups excluding carboxylic acids is 1. The SMILES string of the molecule is COCCNc1ccc(Nc2ncnc(-c3ccc(OC4CCN(C(=O)CO)CC4F)c(C#N)c3)n2)cn1. The summed E-state index contributed by atoms with van der Waals surface area (Å²) in [4.78, 5) is 30.0. The van der Waals surface area contributed by atoms with E-state index < -0.39 is 24.8 Å². The maximum atomic E-state index is 14.6. The summed E-state index contributed by atoms with van der Waals surface area (Å²) in [6, 6.07) is 10.5. The number of piperidine rings is 1. The van der Waals surface area contributed by atoms with Crippen molar-refractivity contribution in [2.75, 3.05) is 50.6 Å². The molecule has 0 radical (unpaired) electrons. The van der Waals surface area contributed by atoms with Crippen LogP contribution in [-0.2, 0) is 9.53 Å². The van der Waals surface area contributed by atoms with Crippen molar-refractivity contribution in [3.63, 3.8) is 0 Å². The number of likely N-dealkylation sites (tertiary alicyclic amines) is 1. The van der Waals surface area contributed by atoms with Crippen molar-refractivity contribution in [3.8, 4) is 23.2 Å². The Kier molecular flexibility index (Phi) is 8.91. The van der Waals surface area contributed by atoms with Crippen molar-refractivity contribution in [2.24, 2.45) is 0 Å². The molecule has 1 saturated heterocycles. The minimum absolute atomic E-state index is 0.173. The van der Waals surface area contributed by atoms with Gasteiger partial charge in [-0.25, -0.2) is 19.3 Å². The second-order valence-electron chi connectivity index (χ2n) is 8.39. The van der Waals surface area contributed by atoms with Crippen molar-refractivity contribution in [3.05, 3.63) is 48.4 Å². The molecule has 1 fully saturated rings. The molecule has 4 rings (SSSR count). The molecule has 38 heavy (non-hydrogen) atoms. The van der Waals surface area contributed by atoms with E-state index in [1.165, 1.54) is 11.2 Å². The number of anilines is 3. The van der Waals surface area contributed by atoms with Crippen molar-refractivity contribution < 1.29 is 23.8 Å². The lowest BCUT2D eigenvalue weighted by molar-refractivity contribution is -0.138. The van der Waals surface area contributed by atoms with Gasteiger partial charge in [0.15, 0.2) is 12.0 Å². The normalized spacial score (nSPS) is 16.9. The van der Waals surface area contributed by atoms with Gasteiger partial charge in [-0.15, -0.1) is 0 Å². The monoisotopic (exact) mass is 522 g/mol. The third kappa shape index (κ3) is 6.67. The molecule has 1 aromatic carbocycles. The highest BCUT2D eigenvalue weighted by Crippen LogP contribution is 2.28. The summed E-state index contributed by atoms with van der Waals surface area (Å²) in [6.45, 7) is 0.629. The molecule has 198 valence electrons. The average Bonchev–Trinajstić information content (AvgIpc) is 2.95. The molecule has 12 nitrogen and oxygen atoms in total. The van der Waals surface area contributed by atoms with E-state index in [4.69, 9.17) is 14.6 Å². The summed E-state index contributed by atoms with van der Waals surface area (Å²) in [6.07, 6.45) is 0.956. The molecule has 0 spiro atoms. The Balaban J connectivity index is 1.43. The fraction of sp³-hybridized carbons (Fsp3) is 0.360. The average molecular weight is 523 g/mol. The smallest absolute Gasteiger partial charge is 0.248 e. The highest BCUT2D eigenvalue weighted by Gasteiger charge is 2.33. The summed E-state index contributed by atoms with van der Waals surface area (Å²) in [5, 5.41) is 24.9. The zero-order valence-electron chi connectivity index (χ0n) is 20.7. The maximum absolute atomic E-state index is 14.6. The topological polar surface area (TPSA) is 158 Å². The van der Waals surface area contributed by atoms with Gasteiger partial charge in [0.2, 0.25) is 11.9 Å². The first-order valence-corrected chi connectivity index (χ1v) is 11.9. The number of benzene rings is 1. The summed E-state index contributed by atoms with van der Waals surface area (Å²) in [5.41, 5.74) is 1.42. The van der Waals surface area contributed by atoms with E-state index in [-0.39, 0.29) is 30.8 Å². The van der Waals surface area contributed by atoms with Gasteiger partial charge in [-0.05, 0) is 30.3 Å². The Bertz CT molecular complexity index is 1290. The molecule has 0 saturated carbocycles. The minimum Gasteiger partial charge on any atom is -0.486 e. The van der Waals surface area contributed by atoms with Gasteiger partial charge >= 0.3 is 0 Å². The minimum atomic E-state index is -1.45. The van der Waals surface area contributed by atoms with Crippen LogP contribution >= 0.6 is 0 Å². The Hall–Kier alpha value is -4.41. The van der Waals surface area contributed by atoms with E-state index >= 15 is 0 Å². The van der Waals surface area contributed by atoms with Crippen molar-refractivity contribution in [2.45, 2.75) is 18.7 Å². The van der Waals surface area contributed by atoms with Crippen molar-refractivity contribution in [1.29, 1.82) is 5.26 Å². The molecule has 1 aliphatic rings. The van der Waals surface area contributed by atoms with Gasteiger partial charge in [0.05, 0.1) is 30.6 Å². The molecule has 2 aromatic heterocycles. The van der Waals surface area contributed by atoms with Gasteiger partial charge in [-0.3, -0.25) is 4.79 Å². The van der Waals surface area contributed by atoms with Gasteiger partial charge in [0, 0.05) is 32.2 Å². The number of ether oxygens (including phenoxy) is 2. The highest BCUT2D eigenvalue weighted by atomic mass is 19.1. The number of hydrogen-bond donors (Lipinski definition) is 3. The first-order valence-electron chi connectivity index (χ1n) is 11.9. The molecule has 3 aromatic rings. The first-order chi connectivity index (χ1) is 18.5. The number of aliphatic hydroxyl groups is 1. The van der Waals surface area contributed by atoms with Crippen LogP contribution in [0.2, 0.25) is 0 Å². The molecule has 0 bridgehead atoms. The number of alkyl halides is 1. The number of aromatic nitrogens is 4. The van der Waals surface area contributed by atoms with Crippen LogP contribution in [0.3, 0.4) is 0 Å². The third-order valence-electron chi connectivity index (χ3n) is 5.81. The van der Waals surface area contributed by atoms with Gasteiger partial charge < -0.3 is 30.1 Å². The van der Waals surface area contributed by atoms with E-state index in [0.29, 0.717) is 42.0 Å². The number of aliphatic hydroxyl groups excluding tert-OH is 1. The summed E-state index contributed by atoms with van der Waals surface area (Å²) in [7, 11) is 1.63. The lowest BCUT2D eigenvalue weighted by Gasteiger charge is -2.34. The number of rotatable bonds is 10. The largest absolute Gasteiger partial charge is 0.486 e. The zero-order valence-corrected chi connectivity index (χ0v) is 20.7. The van der Waals surface area contributed by atoms with E-state index in [1.54, 1.807) is 31.5 Å². The summed E-state index contributed by atoms with van der Waals surface area (Å²) >= 11 is 0. The predicted molar refractivity (Wildman–Crippen MR) is 135 cm³/mol. The number of methoxy groups -OCH3 is 1. The zero-order chi connectivity index (χ0) is 26.9. The molecule has 1 amide bonds. The summed E-state index contributed by atoms with van der Waals surface area (Å²) in [5.74, 6) is 1.03. The number of hydrogen-bond acceptors (Lipinski definition) is 11. The lowest BCUT2D eigenvalue weighted by atomic mass is 10.0. The van der Waals surface area contributed by atoms with Gasteiger partial charge in [-0.1, -0.05) is 0 Å². The van der Waals surface area contributed by atoms with E-state index in [0.717, 1.165) is 0 Å². The molecular formula is C25H27FN8O4. The van der Waals surface area contributed by atoms with Gasteiger partial charge in [0.25, 0.3) is 0 Å². The summed E-state index contributed by atoms with van der Waals surface area (Å²) < 4.78 is 25.5. The van der Waals surface area contributed by atoms with E-state index in [1.807, 2.05) is 12.1 Å². The molecule has 3 N–H and O–H groups in total. The van der Waals surface area contributed by atoms with E-state index in [9.17, 15) is 14.4 Å². The van der Waals surface area contributed by atoms with Crippen LogP contribution in [0.15, 0.2) is 42.9 Å². The fourth-order valence-corrected chi connectivity index (χ4v) is 3.84. The van der Waals surface area contributed by atoms with Crippen LogP contribution < -0.4 is 15.4 Å². The fourth-order valence-electron chi connectivity index (χ4n) is 3.84. The van der Waals surface area contributed by atoms with Crippen molar-refractivity contribution in [1.82, 2.24) is 24.8 Å². The van der Waals surface area contributed by atoms with Gasteiger partial charge in [0.1, 0.15) is 36.7 Å². The van der Waals surface area contributed by atoms with Gasteiger partial charge in [-0.2, -0.15) is 10.2 Å². The van der Waals surface area contributed by atoms with Crippen LogP contribution in [0.5, 0.6) is 5.75 Å². The van der Waals surface area contributed by atoms with Crippen LogP contribution in [0, 0.1) is 11.3 Å². The van der Waals surface area contributed by atoms with Crippen LogP contribution in [0.4, 0.5) is 21.8 Å². The quantitative estimate of drug-likeness (QED) is 0.334. The second-order valence-corrected chi connectivity index (χ2v) is 8.39. The van der Waals surface area contributed by atoms with Crippen LogP contribution in [0.25, 0.3) is 11.4 Å². The Labute approximate surface area is 218 Å². The third-order valence-corrected chi connectivity index (χ3v) is 5.81. The molecule has 1 aliphatic heterocycles. The standard InChI is InChI=1S/C25H27FN8O4/c1-37-9-7-28-22-5-3-18(12-29-22)32-25-31-15-30-24(33-25)16-2-4-20(17(10-16)11-27)38-21-6-8-34(13-19(21)26)23(36)14-35/h2-5,10,12,15,19,21,35H,6-9,13-14H2,1H3,(H,28,29)(H,30,31,32,33). The number of amides is 1. The number of carbonyl (C=O) groups is 1. The van der Waals surface area contributed by atoms with Crippen LogP contribution in [0.1, 0.15) is 12.0 Å². The number of nitrogens with one attached hydrogen (secondary N) is 2. The first kappa shape index (κ1) is 26.6. The predicted octanol–water partition coefficient (Wildman–Crippen LogP) is 1.92. The van der Waals surface area contributed by atoms with Crippen molar-refractivity contribution >= 4 is 23.4 Å². The number of nitriles is 1. The number of nitrogens with zero attached hydrogens (tertiary/aromatic N) is 6. The molecule has 2 unspecified atom stereocenters. The Morgan fingerprint density at radius 1 is 1.29 bits per heavy atom. The molecule has 2 atom stereocenters. The lowest BCUT2D eigenvalue weighted by Crippen LogP contribution is -2.50. The molecule has 13 heteroatoms. The molecule has 0 aliphatic carbocycles. The number of pyridine rings is 1. The Morgan fingerprint density at radius 2 is 2.16 bits per heavy atom. The second kappa shape index (κ2) is 12.7. The molecule has 3 heterocycles. The highest BCUT2D eigenvalue weighted by molar-refractivity contribution is 5.77. The maximum Gasteiger partial charge on any atom is 0.248 e. The Morgan fingerprint density at radius 3 is 2.87 bits per heavy atom.